The third-order valence-corrected chi connectivity index (χ3v) is 3.02. The van der Waals surface area contributed by atoms with Gasteiger partial charge < -0.3 is 19.3 Å². The first kappa shape index (κ1) is 14.7. The summed E-state index contributed by atoms with van der Waals surface area (Å²) in [4.78, 5) is 11.8. The van der Waals surface area contributed by atoms with Crippen LogP contribution in [-0.2, 0) is 14.2 Å². The Morgan fingerprint density at radius 2 is 2.20 bits per heavy atom. The fourth-order valence-electron chi connectivity index (χ4n) is 2.02. The molecule has 1 N–H and O–H groups in total. The number of hydrogen-bond acceptors (Lipinski definition) is 5. The molecule has 5 heteroatoms. The lowest BCUT2D eigenvalue weighted by atomic mass is 10.1. The van der Waals surface area contributed by atoms with E-state index in [-0.39, 0.29) is 13.2 Å². The Kier molecular flexibility index (Phi) is 5.29. The second kappa shape index (κ2) is 7.19. The lowest BCUT2D eigenvalue weighted by Crippen LogP contribution is -2.36. The van der Waals surface area contributed by atoms with Crippen molar-refractivity contribution >= 4 is 5.97 Å². The van der Waals surface area contributed by atoms with Crippen LogP contribution in [0.25, 0.3) is 0 Å². The van der Waals surface area contributed by atoms with Crippen LogP contribution >= 0.6 is 0 Å². The van der Waals surface area contributed by atoms with E-state index in [1.807, 2.05) is 6.07 Å². The minimum atomic E-state index is -0.713. The molecule has 108 valence electrons. The first-order chi connectivity index (χ1) is 9.72. The number of hydrogen-bond donors (Lipinski definition) is 1. The van der Waals surface area contributed by atoms with Crippen LogP contribution in [0.3, 0.4) is 0 Å². The van der Waals surface area contributed by atoms with Crippen molar-refractivity contribution in [3.63, 3.8) is 0 Å². The third-order valence-electron chi connectivity index (χ3n) is 3.02. The lowest BCUT2D eigenvalue weighted by molar-refractivity contribution is -0.0493. The van der Waals surface area contributed by atoms with Gasteiger partial charge in [0.15, 0.2) is 0 Å². The number of aliphatic hydroxyl groups excluding tert-OH is 1. The monoisotopic (exact) mass is 278 g/mol. The molecule has 5 nitrogen and oxygen atoms in total. The molecule has 0 amide bonds. The van der Waals surface area contributed by atoms with Gasteiger partial charge in [-0.2, -0.15) is 0 Å². The van der Waals surface area contributed by atoms with E-state index < -0.39 is 24.3 Å². The zero-order valence-corrected chi connectivity index (χ0v) is 11.1. The third kappa shape index (κ3) is 3.66. The van der Waals surface area contributed by atoms with Crippen molar-refractivity contribution in [1.29, 1.82) is 0 Å². The van der Waals surface area contributed by atoms with Crippen LogP contribution < -0.4 is 0 Å². The van der Waals surface area contributed by atoms with Gasteiger partial charge in [-0.25, -0.2) is 4.79 Å². The van der Waals surface area contributed by atoms with E-state index in [1.165, 1.54) is 0 Å². The molecule has 0 bridgehead atoms. The molecule has 0 unspecified atom stereocenters. The summed E-state index contributed by atoms with van der Waals surface area (Å²) in [5, 5.41) is 9.74. The van der Waals surface area contributed by atoms with Crippen LogP contribution in [0.15, 0.2) is 43.0 Å². The van der Waals surface area contributed by atoms with Gasteiger partial charge in [0.05, 0.1) is 18.8 Å². The van der Waals surface area contributed by atoms with Crippen molar-refractivity contribution in [2.75, 3.05) is 19.8 Å². The average molecular weight is 278 g/mol. The first-order valence-electron chi connectivity index (χ1n) is 6.46. The Morgan fingerprint density at radius 1 is 1.45 bits per heavy atom. The Labute approximate surface area is 117 Å². The molecule has 1 aromatic carbocycles. The fraction of sp³-hybridized carbons (Fsp3) is 0.400. The van der Waals surface area contributed by atoms with E-state index in [4.69, 9.17) is 14.2 Å². The molecule has 1 heterocycles. The minimum Gasteiger partial charge on any atom is -0.459 e. The van der Waals surface area contributed by atoms with Gasteiger partial charge in [0.2, 0.25) is 0 Å². The number of carbonyl (C=O) groups excluding carboxylic acids is 1. The Hall–Kier alpha value is -1.69. The zero-order chi connectivity index (χ0) is 14.4. The van der Waals surface area contributed by atoms with Crippen molar-refractivity contribution in [3.8, 4) is 0 Å². The van der Waals surface area contributed by atoms with Gasteiger partial charge in [-0.3, -0.25) is 0 Å². The second-order valence-electron chi connectivity index (χ2n) is 4.49. The van der Waals surface area contributed by atoms with Crippen LogP contribution in [0.2, 0.25) is 0 Å². The molecule has 3 atom stereocenters. The molecule has 1 aliphatic rings. The van der Waals surface area contributed by atoms with Gasteiger partial charge in [0.25, 0.3) is 0 Å². The van der Waals surface area contributed by atoms with E-state index in [9.17, 15) is 9.90 Å². The first-order valence-corrected chi connectivity index (χ1v) is 6.46. The molecule has 1 saturated heterocycles. The highest BCUT2D eigenvalue weighted by Gasteiger charge is 2.37. The second-order valence-corrected chi connectivity index (χ2v) is 4.49. The number of esters is 1. The van der Waals surface area contributed by atoms with Crippen LogP contribution in [-0.4, -0.2) is 49.2 Å². The predicted octanol–water partition coefficient (Wildman–Crippen LogP) is 1.17. The summed E-state index contributed by atoms with van der Waals surface area (Å²) in [6.45, 7) is 4.09. The van der Waals surface area contributed by atoms with Crippen LogP contribution in [0.1, 0.15) is 10.4 Å². The van der Waals surface area contributed by atoms with Crippen molar-refractivity contribution in [1.82, 2.24) is 0 Å². The largest absolute Gasteiger partial charge is 0.459 e. The maximum Gasteiger partial charge on any atom is 0.338 e. The van der Waals surface area contributed by atoms with Gasteiger partial charge in [-0.1, -0.05) is 24.3 Å². The molecule has 0 saturated carbocycles. The summed E-state index contributed by atoms with van der Waals surface area (Å²) in [7, 11) is 0. The molecule has 1 aromatic rings. The molecule has 20 heavy (non-hydrogen) atoms. The molecular weight excluding hydrogens is 260 g/mol. The molecule has 0 aliphatic carbocycles. The minimum absolute atomic E-state index is 0.0482. The summed E-state index contributed by atoms with van der Waals surface area (Å²) in [5.74, 6) is -0.418. The zero-order valence-electron chi connectivity index (χ0n) is 11.1. The number of benzene rings is 1. The molecule has 0 spiro atoms. The predicted molar refractivity (Wildman–Crippen MR) is 72.4 cm³/mol. The number of ether oxygens (including phenoxy) is 3. The quantitative estimate of drug-likeness (QED) is 0.625. The number of carbonyl (C=O) groups is 1. The average Bonchev–Trinajstić information content (AvgIpc) is 2.84. The number of aliphatic hydroxyl groups is 1. The highest BCUT2D eigenvalue weighted by Crippen LogP contribution is 2.19. The summed E-state index contributed by atoms with van der Waals surface area (Å²) >= 11 is 0. The molecule has 1 aliphatic heterocycles. The Balaban J connectivity index is 1.86. The Bertz CT molecular complexity index is 445. The van der Waals surface area contributed by atoms with Crippen molar-refractivity contribution in [3.05, 3.63) is 48.6 Å². The SMILES string of the molecule is C=CCO[C@H]1[C@@H](O)CO[C@@H]1COC(=O)c1ccccc1. The molecular formula is C15H18O5. The summed E-state index contributed by atoms with van der Waals surface area (Å²) in [6, 6.07) is 8.72. The van der Waals surface area contributed by atoms with Crippen LogP contribution in [0, 0.1) is 0 Å². The maximum atomic E-state index is 11.8. The summed E-state index contributed by atoms with van der Waals surface area (Å²) < 4.78 is 16.0. The summed E-state index contributed by atoms with van der Waals surface area (Å²) in [5.41, 5.74) is 0.481. The standard InChI is InChI=1S/C15H18O5/c1-2-8-18-14-12(16)9-19-13(14)10-20-15(17)11-6-4-3-5-7-11/h2-7,12-14,16H,1,8-10H2/t12-,13+,14-/m0/s1. The van der Waals surface area contributed by atoms with Crippen LogP contribution in [0.4, 0.5) is 0 Å². The smallest absolute Gasteiger partial charge is 0.338 e. The topological polar surface area (TPSA) is 65.0 Å². The van der Waals surface area contributed by atoms with E-state index >= 15 is 0 Å². The van der Waals surface area contributed by atoms with Gasteiger partial charge in [-0.15, -0.1) is 6.58 Å². The van der Waals surface area contributed by atoms with Gasteiger partial charge in [0, 0.05) is 0 Å². The van der Waals surface area contributed by atoms with Crippen molar-refractivity contribution < 1.29 is 24.1 Å². The molecule has 0 radical (unpaired) electrons. The van der Waals surface area contributed by atoms with Crippen molar-refractivity contribution in [2.45, 2.75) is 18.3 Å². The lowest BCUT2D eigenvalue weighted by Gasteiger charge is -2.20. The van der Waals surface area contributed by atoms with Gasteiger partial charge in [-0.05, 0) is 12.1 Å². The highest BCUT2D eigenvalue weighted by atomic mass is 16.6. The normalized spacial score (nSPS) is 25.4. The maximum absolute atomic E-state index is 11.8. The molecule has 1 fully saturated rings. The summed E-state index contributed by atoms with van der Waals surface area (Å²) in [6.07, 6.45) is -0.0810. The van der Waals surface area contributed by atoms with Gasteiger partial charge in [0.1, 0.15) is 24.9 Å². The van der Waals surface area contributed by atoms with Gasteiger partial charge >= 0.3 is 5.97 Å². The van der Waals surface area contributed by atoms with E-state index in [0.717, 1.165) is 0 Å². The van der Waals surface area contributed by atoms with E-state index in [1.54, 1.807) is 30.3 Å². The Morgan fingerprint density at radius 3 is 2.90 bits per heavy atom. The molecule has 2 rings (SSSR count). The number of rotatable bonds is 6. The van der Waals surface area contributed by atoms with E-state index in [0.29, 0.717) is 12.2 Å². The fourth-order valence-corrected chi connectivity index (χ4v) is 2.02. The molecule has 0 aromatic heterocycles. The van der Waals surface area contributed by atoms with Crippen molar-refractivity contribution in [2.24, 2.45) is 0 Å². The van der Waals surface area contributed by atoms with Crippen LogP contribution in [0.5, 0.6) is 0 Å². The highest BCUT2D eigenvalue weighted by molar-refractivity contribution is 5.89. The van der Waals surface area contributed by atoms with E-state index in [2.05, 4.69) is 6.58 Å².